The van der Waals surface area contributed by atoms with Gasteiger partial charge in [-0.3, -0.25) is 4.79 Å². The van der Waals surface area contributed by atoms with Gasteiger partial charge in [0.05, 0.1) is 22.7 Å². The largest absolute Gasteiger partial charge is 0.381 e. The monoisotopic (exact) mass is 424 g/mol. The molecule has 2 aliphatic rings. The van der Waals surface area contributed by atoms with Gasteiger partial charge >= 0.3 is 0 Å². The first-order valence-corrected chi connectivity index (χ1v) is 10.5. The number of aromatic nitrogens is 2. The lowest BCUT2D eigenvalue weighted by Crippen LogP contribution is -2.43. The highest BCUT2D eigenvalue weighted by molar-refractivity contribution is 5.93. The van der Waals surface area contributed by atoms with Crippen LogP contribution in [0.15, 0.2) is 40.3 Å². The molecule has 1 fully saturated rings. The Hall–Kier alpha value is -3.23. The molecule has 0 saturated carbocycles. The molecule has 1 amide bonds. The van der Waals surface area contributed by atoms with E-state index in [4.69, 9.17) is 9.51 Å². The molecule has 0 radical (unpaired) electrons. The Bertz CT molecular complexity index is 995. The second-order valence-electron chi connectivity index (χ2n) is 9.38. The molecular formula is C22H28N6O3. The molecule has 1 saturated heterocycles. The Morgan fingerprint density at radius 2 is 2.13 bits per heavy atom. The van der Waals surface area contributed by atoms with Gasteiger partial charge in [0.25, 0.3) is 5.91 Å². The summed E-state index contributed by atoms with van der Waals surface area (Å²) in [6, 6.07) is 5.61. The lowest BCUT2D eigenvalue weighted by Gasteiger charge is -2.33. The minimum atomic E-state index is -0.100. The number of fused-ring (bicyclic) bond motifs is 2. The van der Waals surface area contributed by atoms with E-state index in [1.165, 1.54) is 11.3 Å². The van der Waals surface area contributed by atoms with E-state index in [1.54, 1.807) is 13.1 Å². The van der Waals surface area contributed by atoms with Crippen LogP contribution >= 0.6 is 0 Å². The zero-order valence-corrected chi connectivity index (χ0v) is 18.3. The molecular weight excluding hydrogens is 396 g/mol. The van der Waals surface area contributed by atoms with Gasteiger partial charge in [-0.15, -0.1) is 4.91 Å². The van der Waals surface area contributed by atoms with Crippen LogP contribution in [0.2, 0.25) is 0 Å². The zero-order chi connectivity index (χ0) is 22.2. The number of nitroso groups, excluding NO2 is 1. The third-order valence-corrected chi connectivity index (χ3v) is 5.73. The van der Waals surface area contributed by atoms with Crippen LogP contribution < -0.4 is 10.3 Å². The fourth-order valence-electron chi connectivity index (χ4n) is 4.20. The maximum absolute atomic E-state index is 12.8. The van der Waals surface area contributed by atoms with Crippen LogP contribution in [-0.4, -0.2) is 46.6 Å². The van der Waals surface area contributed by atoms with Crippen molar-refractivity contribution in [3.8, 4) is 0 Å². The van der Waals surface area contributed by atoms with Crippen LogP contribution in [0, 0.1) is 10.3 Å². The van der Waals surface area contributed by atoms with E-state index >= 15 is 0 Å². The molecule has 0 aromatic carbocycles. The van der Waals surface area contributed by atoms with Crippen molar-refractivity contribution >= 4 is 23.0 Å². The summed E-state index contributed by atoms with van der Waals surface area (Å²) in [7, 11) is 1.60. The molecule has 2 unspecified atom stereocenters. The second-order valence-corrected chi connectivity index (χ2v) is 9.38. The highest BCUT2D eigenvalue weighted by atomic mass is 16.5. The average Bonchev–Trinajstić information content (AvgIpc) is 3.37. The van der Waals surface area contributed by atoms with Gasteiger partial charge < -0.3 is 14.7 Å². The van der Waals surface area contributed by atoms with E-state index in [0.717, 1.165) is 36.3 Å². The summed E-state index contributed by atoms with van der Waals surface area (Å²) in [5.74, 6) is 0.392. The van der Waals surface area contributed by atoms with Gasteiger partial charge in [-0.1, -0.05) is 32.0 Å². The van der Waals surface area contributed by atoms with Gasteiger partial charge in [0.1, 0.15) is 6.26 Å². The molecule has 2 aliphatic heterocycles. The number of pyridine rings is 1. The van der Waals surface area contributed by atoms with E-state index in [1.807, 2.05) is 17.0 Å². The number of rotatable bonds is 6. The predicted molar refractivity (Wildman–Crippen MR) is 118 cm³/mol. The lowest BCUT2D eigenvalue weighted by atomic mass is 9.96. The number of carbonyl (C=O) groups is 1. The van der Waals surface area contributed by atoms with Crippen LogP contribution in [0.4, 0.5) is 11.5 Å². The van der Waals surface area contributed by atoms with Crippen LogP contribution in [-0.2, 0) is 0 Å². The van der Waals surface area contributed by atoms with Gasteiger partial charge in [0, 0.05) is 25.7 Å². The molecule has 31 heavy (non-hydrogen) atoms. The van der Waals surface area contributed by atoms with Crippen molar-refractivity contribution in [2.75, 3.05) is 23.9 Å². The Morgan fingerprint density at radius 1 is 1.32 bits per heavy atom. The number of hydrogen-bond donors (Lipinski definition) is 1. The molecule has 164 valence electrons. The van der Waals surface area contributed by atoms with Crippen LogP contribution in [0.1, 0.15) is 56.2 Å². The first-order chi connectivity index (χ1) is 14.8. The maximum Gasteiger partial charge on any atom is 0.276 e. The van der Waals surface area contributed by atoms with Gasteiger partial charge in [-0.2, -0.15) is 0 Å². The summed E-state index contributed by atoms with van der Waals surface area (Å²) in [6.07, 6.45) is 6.08. The Balaban J connectivity index is 1.60. The topological polar surface area (TPSA) is 104 Å². The molecule has 1 N–H and O–H groups in total. The van der Waals surface area contributed by atoms with E-state index < -0.39 is 0 Å². The summed E-state index contributed by atoms with van der Waals surface area (Å²) in [5.41, 5.74) is 3.07. The van der Waals surface area contributed by atoms with Gasteiger partial charge in [-0.05, 0) is 42.4 Å². The van der Waals surface area contributed by atoms with Gasteiger partial charge in [-0.25, -0.2) is 9.99 Å². The van der Waals surface area contributed by atoms with E-state index in [-0.39, 0.29) is 23.4 Å². The predicted octanol–water partition coefficient (Wildman–Crippen LogP) is 4.11. The molecule has 9 heteroatoms. The van der Waals surface area contributed by atoms with E-state index in [0.29, 0.717) is 17.9 Å². The Morgan fingerprint density at radius 3 is 2.77 bits per heavy atom. The minimum absolute atomic E-state index is 0.00353. The lowest BCUT2D eigenvalue weighted by molar-refractivity contribution is 0.0681. The normalized spacial score (nSPS) is 20.4. The summed E-state index contributed by atoms with van der Waals surface area (Å²) in [5, 5.41) is 11.5. The number of carbonyl (C=O) groups excluding carboxylic acids is 1. The van der Waals surface area contributed by atoms with Crippen molar-refractivity contribution in [3.05, 3.63) is 46.8 Å². The van der Waals surface area contributed by atoms with E-state index in [9.17, 15) is 9.70 Å². The quantitative estimate of drug-likeness (QED) is 0.550. The summed E-state index contributed by atoms with van der Waals surface area (Å²) >= 11 is 0. The number of nitrogens with one attached hydrogen (secondary N) is 1. The third kappa shape index (κ3) is 4.30. The van der Waals surface area contributed by atoms with Crippen LogP contribution in [0.25, 0.3) is 5.57 Å². The van der Waals surface area contributed by atoms with Crippen molar-refractivity contribution in [3.63, 3.8) is 0 Å². The molecule has 0 aliphatic carbocycles. The van der Waals surface area contributed by atoms with E-state index in [2.05, 4.69) is 42.6 Å². The Kier molecular flexibility index (Phi) is 5.51. The highest BCUT2D eigenvalue weighted by Gasteiger charge is 2.41. The van der Waals surface area contributed by atoms with Crippen molar-refractivity contribution < 1.29 is 9.32 Å². The van der Waals surface area contributed by atoms with Gasteiger partial charge in [0.15, 0.2) is 11.5 Å². The SMILES string of the molecule is CN(N=O)c1nc(C2=CC3CCC(C2)N3C(=O)c2ccon2)ccc1NCC(C)(C)C. The first kappa shape index (κ1) is 21.0. The molecule has 2 atom stereocenters. The molecule has 9 nitrogen and oxygen atoms in total. The summed E-state index contributed by atoms with van der Waals surface area (Å²) < 4.78 is 4.84. The molecule has 2 aromatic heterocycles. The van der Waals surface area contributed by atoms with Crippen LogP contribution in [0.3, 0.4) is 0 Å². The summed E-state index contributed by atoms with van der Waals surface area (Å²) in [6.45, 7) is 7.15. The van der Waals surface area contributed by atoms with Crippen molar-refractivity contribution in [2.24, 2.45) is 10.7 Å². The molecule has 2 bridgehead atoms. The van der Waals surface area contributed by atoms with Gasteiger partial charge in [0.2, 0.25) is 0 Å². The molecule has 4 rings (SSSR count). The van der Waals surface area contributed by atoms with Crippen molar-refractivity contribution in [1.29, 1.82) is 0 Å². The first-order valence-electron chi connectivity index (χ1n) is 10.5. The van der Waals surface area contributed by atoms with Crippen molar-refractivity contribution in [1.82, 2.24) is 15.0 Å². The standard InChI is InChI=1S/C22H28N6O3/c1-22(2,3)13-23-18-8-7-17(24-20(18)27(4)26-30)14-11-15-5-6-16(12-14)28(15)21(29)19-9-10-31-25-19/h7-11,15-16,23H,5-6,12-13H2,1-4H3. The third-order valence-electron chi connectivity index (χ3n) is 5.73. The number of amides is 1. The number of anilines is 2. The highest BCUT2D eigenvalue weighted by Crippen LogP contribution is 2.39. The smallest absolute Gasteiger partial charge is 0.276 e. The number of hydrogen-bond acceptors (Lipinski definition) is 7. The van der Waals surface area contributed by atoms with Crippen molar-refractivity contribution in [2.45, 2.75) is 52.1 Å². The Labute approximate surface area is 181 Å². The second kappa shape index (κ2) is 8.13. The summed E-state index contributed by atoms with van der Waals surface area (Å²) in [4.78, 5) is 30.7. The fraction of sp³-hybridized carbons (Fsp3) is 0.500. The number of nitrogens with zero attached hydrogens (tertiary/aromatic N) is 5. The fourth-order valence-corrected chi connectivity index (χ4v) is 4.20. The molecule has 2 aromatic rings. The minimum Gasteiger partial charge on any atom is -0.381 e. The maximum atomic E-state index is 12.8. The van der Waals surface area contributed by atoms with Crippen LogP contribution in [0.5, 0.6) is 0 Å². The molecule has 0 spiro atoms. The zero-order valence-electron chi connectivity index (χ0n) is 18.3. The molecule has 4 heterocycles. The average molecular weight is 425 g/mol.